The Bertz CT molecular complexity index is 557. The predicted molar refractivity (Wildman–Crippen MR) is 65.8 cm³/mol. The van der Waals surface area contributed by atoms with E-state index in [0.29, 0.717) is 33.1 Å². The number of halogens is 2. The van der Waals surface area contributed by atoms with Gasteiger partial charge in [-0.25, -0.2) is 0 Å². The molecule has 0 aliphatic carbocycles. The highest BCUT2D eigenvalue weighted by molar-refractivity contribution is 6.35. The van der Waals surface area contributed by atoms with Gasteiger partial charge in [-0.05, 0) is 12.1 Å². The number of hydrogen-bond acceptors (Lipinski definition) is 5. The van der Waals surface area contributed by atoms with Crippen LogP contribution in [0.5, 0.6) is 5.75 Å². The molecule has 5 nitrogen and oxygen atoms in total. The smallest absolute Gasteiger partial charge is 0.223 e. The molecule has 0 bridgehead atoms. The number of aromatic nitrogens is 2. The summed E-state index contributed by atoms with van der Waals surface area (Å²) in [6, 6.07) is 3.13. The molecular formula is C11H10Cl2N2O3. The molecular weight excluding hydrogens is 279 g/mol. The van der Waals surface area contributed by atoms with Crippen LogP contribution in [0.15, 0.2) is 16.7 Å². The number of benzene rings is 1. The van der Waals surface area contributed by atoms with Crippen molar-refractivity contribution in [3.8, 4) is 5.75 Å². The van der Waals surface area contributed by atoms with Crippen molar-refractivity contribution in [1.29, 1.82) is 0 Å². The van der Waals surface area contributed by atoms with Crippen LogP contribution in [-0.4, -0.2) is 15.2 Å². The Morgan fingerprint density at radius 1 is 1.39 bits per heavy atom. The lowest BCUT2D eigenvalue weighted by Crippen LogP contribution is -2.01. The molecule has 0 radical (unpaired) electrons. The van der Waals surface area contributed by atoms with E-state index in [1.807, 2.05) is 0 Å². The van der Waals surface area contributed by atoms with Crippen molar-refractivity contribution >= 4 is 23.2 Å². The summed E-state index contributed by atoms with van der Waals surface area (Å²) >= 11 is 11.8. The van der Waals surface area contributed by atoms with E-state index in [9.17, 15) is 5.11 Å². The number of rotatable bonds is 4. The molecule has 0 saturated heterocycles. The summed E-state index contributed by atoms with van der Waals surface area (Å²) in [5.74, 6) is 1.23. The summed E-state index contributed by atoms with van der Waals surface area (Å²) in [6.45, 7) is 1.57. The Morgan fingerprint density at radius 2 is 2.17 bits per heavy atom. The minimum Gasteiger partial charge on any atom is -0.484 e. The van der Waals surface area contributed by atoms with Gasteiger partial charge in [0.15, 0.2) is 6.61 Å². The molecule has 1 N–H and O–H groups in total. The van der Waals surface area contributed by atoms with Crippen molar-refractivity contribution in [3.05, 3.63) is 39.5 Å². The fraction of sp³-hybridized carbons (Fsp3) is 0.273. The Hall–Kier alpha value is -1.30. The molecule has 0 saturated carbocycles. The van der Waals surface area contributed by atoms with E-state index < -0.39 is 0 Å². The molecule has 0 atom stereocenters. The van der Waals surface area contributed by atoms with Crippen molar-refractivity contribution < 1.29 is 14.4 Å². The molecule has 0 spiro atoms. The topological polar surface area (TPSA) is 68.4 Å². The van der Waals surface area contributed by atoms with Crippen LogP contribution in [0, 0.1) is 6.92 Å². The number of aliphatic hydroxyl groups excluding tert-OH is 1. The van der Waals surface area contributed by atoms with Gasteiger partial charge in [0, 0.05) is 17.5 Å². The van der Waals surface area contributed by atoms with Crippen LogP contribution < -0.4 is 4.74 Å². The predicted octanol–water partition coefficient (Wildman–Crippen LogP) is 2.76. The van der Waals surface area contributed by atoms with Gasteiger partial charge in [-0.1, -0.05) is 28.4 Å². The normalized spacial score (nSPS) is 10.7. The fourth-order valence-electron chi connectivity index (χ4n) is 1.43. The summed E-state index contributed by atoms with van der Waals surface area (Å²) in [5, 5.41) is 13.7. The first kappa shape index (κ1) is 13.1. The second-order valence-electron chi connectivity index (χ2n) is 3.55. The van der Waals surface area contributed by atoms with Gasteiger partial charge in [-0.2, -0.15) is 4.98 Å². The summed E-state index contributed by atoms with van der Waals surface area (Å²) < 4.78 is 10.3. The number of aliphatic hydroxyl groups is 1. The second kappa shape index (κ2) is 5.56. The zero-order valence-corrected chi connectivity index (χ0v) is 11.0. The third-order valence-electron chi connectivity index (χ3n) is 2.17. The highest BCUT2D eigenvalue weighted by Crippen LogP contribution is 2.32. The lowest BCUT2D eigenvalue weighted by molar-refractivity contribution is 0.253. The van der Waals surface area contributed by atoms with Gasteiger partial charge in [0.1, 0.15) is 5.75 Å². The fourth-order valence-corrected chi connectivity index (χ4v) is 2.02. The van der Waals surface area contributed by atoms with Gasteiger partial charge < -0.3 is 14.4 Å². The standard InChI is InChI=1S/C11H10Cl2N2O3/c1-6-14-10(15-18-6)5-17-11-7(4-16)2-8(12)3-9(11)13/h2-3,16H,4-5H2,1H3. The summed E-state index contributed by atoms with van der Waals surface area (Å²) in [7, 11) is 0. The van der Waals surface area contributed by atoms with Crippen LogP contribution >= 0.6 is 23.2 Å². The maximum atomic E-state index is 9.22. The van der Waals surface area contributed by atoms with Crippen LogP contribution in [-0.2, 0) is 13.2 Å². The zero-order valence-electron chi connectivity index (χ0n) is 9.48. The molecule has 0 aliphatic rings. The van der Waals surface area contributed by atoms with Gasteiger partial charge in [0.25, 0.3) is 0 Å². The minimum atomic E-state index is -0.221. The highest BCUT2D eigenvalue weighted by Gasteiger charge is 2.12. The molecule has 96 valence electrons. The zero-order chi connectivity index (χ0) is 13.1. The SMILES string of the molecule is Cc1nc(COc2c(Cl)cc(Cl)cc2CO)no1. The van der Waals surface area contributed by atoms with Gasteiger partial charge in [-0.3, -0.25) is 0 Å². The second-order valence-corrected chi connectivity index (χ2v) is 4.40. The molecule has 1 heterocycles. The van der Waals surface area contributed by atoms with Crippen LogP contribution in [0.25, 0.3) is 0 Å². The monoisotopic (exact) mass is 288 g/mol. The van der Waals surface area contributed by atoms with Crippen molar-refractivity contribution in [1.82, 2.24) is 10.1 Å². The molecule has 7 heteroatoms. The Balaban J connectivity index is 2.18. The van der Waals surface area contributed by atoms with E-state index in [4.69, 9.17) is 32.5 Å². The average molecular weight is 289 g/mol. The maximum absolute atomic E-state index is 9.22. The molecule has 1 aromatic carbocycles. The van der Waals surface area contributed by atoms with E-state index in [1.54, 1.807) is 19.1 Å². The van der Waals surface area contributed by atoms with E-state index >= 15 is 0 Å². The molecule has 0 unspecified atom stereocenters. The Labute approximate surface area is 113 Å². The molecule has 0 fully saturated rings. The third-order valence-corrected chi connectivity index (χ3v) is 2.67. The van der Waals surface area contributed by atoms with E-state index in [0.717, 1.165) is 0 Å². The van der Waals surface area contributed by atoms with Crippen LogP contribution in [0.4, 0.5) is 0 Å². The largest absolute Gasteiger partial charge is 0.484 e. The Kier molecular flexibility index (Phi) is 4.06. The minimum absolute atomic E-state index is 0.103. The van der Waals surface area contributed by atoms with E-state index in [2.05, 4.69) is 10.1 Å². The number of nitrogens with zero attached hydrogens (tertiary/aromatic N) is 2. The molecule has 0 amide bonds. The van der Waals surface area contributed by atoms with Gasteiger partial charge in [-0.15, -0.1) is 0 Å². The van der Waals surface area contributed by atoms with Crippen LogP contribution in [0.2, 0.25) is 10.0 Å². The molecule has 0 aliphatic heterocycles. The molecule has 1 aromatic heterocycles. The molecule has 2 aromatic rings. The van der Waals surface area contributed by atoms with E-state index in [-0.39, 0.29) is 13.2 Å². The Morgan fingerprint density at radius 3 is 2.78 bits per heavy atom. The maximum Gasteiger partial charge on any atom is 0.223 e. The first-order valence-electron chi connectivity index (χ1n) is 5.11. The first-order valence-corrected chi connectivity index (χ1v) is 5.86. The lowest BCUT2D eigenvalue weighted by atomic mass is 10.2. The van der Waals surface area contributed by atoms with Crippen molar-refractivity contribution in [2.24, 2.45) is 0 Å². The van der Waals surface area contributed by atoms with E-state index in [1.165, 1.54) is 0 Å². The van der Waals surface area contributed by atoms with Crippen LogP contribution in [0.1, 0.15) is 17.3 Å². The van der Waals surface area contributed by atoms with Crippen LogP contribution in [0.3, 0.4) is 0 Å². The summed E-state index contributed by atoms with van der Waals surface area (Å²) in [4.78, 5) is 3.99. The summed E-state index contributed by atoms with van der Waals surface area (Å²) in [5.41, 5.74) is 0.507. The van der Waals surface area contributed by atoms with Gasteiger partial charge in [0.05, 0.1) is 11.6 Å². The van der Waals surface area contributed by atoms with Crippen molar-refractivity contribution in [2.45, 2.75) is 20.1 Å². The first-order chi connectivity index (χ1) is 8.60. The average Bonchev–Trinajstić information content (AvgIpc) is 2.73. The quantitative estimate of drug-likeness (QED) is 0.937. The van der Waals surface area contributed by atoms with Gasteiger partial charge >= 0.3 is 0 Å². The highest BCUT2D eigenvalue weighted by atomic mass is 35.5. The molecule has 2 rings (SSSR count). The molecule has 18 heavy (non-hydrogen) atoms. The number of hydrogen-bond donors (Lipinski definition) is 1. The number of aryl methyl sites for hydroxylation is 1. The third kappa shape index (κ3) is 2.93. The van der Waals surface area contributed by atoms with Gasteiger partial charge in [0.2, 0.25) is 11.7 Å². The summed E-state index contributed by atoms with van der Waals surface area (Å²) in [6.07, 6.45) is 0. The van der Waals surface area contributed by atoms with Crippen molar-refractivity contribution in [2.75, 3.05) is 0 Å². The van der Waals surface area contributed by atoms with Crippen molar-refractivity contribution in [3.63, 3.8) is 0 Å². The number of ether oxygens (including phenoxy) is 1. The lowest BCUT2D eigenvalue weighted by Gasteiger charge is -2.10.